The van der Waals surface area contributed by atoms with Gasteiger partial charge in [0.2, 0.25) is 53.2 Å². The van der Waals surface area contributed by atoms with E-state index >= 15 is 33.2 Å². The normalized spacial score (nSPS) is 24.4. The number of aromatic nitrogens is 4. The van der Waals surface area contributed by atoms with E-state index in [4.69, 9.17) is 18.9 Å². The number of aliphatic hydroxyl groups is 1. The number of methoxy groups -OCH3 is 1. The van der Waals surface area contributed by atoms with Gasteiger partial charge in [0, 0.05) is 94.3 Å². The lowest BCUT2D eigenvalue weighted by Crippen LogP contribution is -2.60. The lowest BCUT2D eigenvalue weighted by Gasteiger charge is -2.37. The molecule has 6 aliphatic rings. The molecule has 2 fully saturated rings. The number of ketones is 2. The average molecular weight is 1580 g/mol. The van der Waals surface area contributed by atoms with Crippen molar-refractivity contribution < 1.29 is 85.7 Å². The van der Waals surface area contributed by atoms with Gasteiger partial charge in [-0.15, -0.1) is 5.10 Å². The van der Waals surface area contributed by atoms with E-state index in [2.05, 4.69) is 47.5 Å². The van der Waals surface area contributed by atoms with Crippen LogP contribution in [0.2, 0.25) is 0 Å². The summed E-state index contributed by atoms with van der Waals surface area (Å²) in [4.78, 5) is 167. The largest absolute Gasteiger partial charge is 0.497 e. The maximum atomic E-state index is 16.4. The van der Waals surface area contributed by atoms with Gasteiger partial charge in [-0.3, -0.25) is 52.7 Å². The molecule has 0 spiro atoms. The van der Waals surface area contributed by atoms with Crippen LogP contribution in [0.25, 0.3) is 10.9 Å². The molecule has 12 rings (SSSR count). The third kappa shape index (κ3) is 22.8. The first-order valence-electron chi connectivity index (χ1n) is 39.6. The molecule has 8 N–H and O–H groups in total. The van der Waals surface area contributed by atoms with Gasteiger partial charge >= 0.3 is 0 Å². The number of rotatable bonds is 15. The predicted molar refractivity (Wildman–Crippen MR) is 416 cm³/mol. The highest BCUT2D eigenvalue weighted by Gasteiger charge is 2.50. The third-order valence-electron chi connectivity index (χ3n) is 22.1. The molecule has 8 heterocycles. The summed E-state index contributed by atoms with van der Waals surface area (Å²) in [6.45, 7) is 3.98. The molecule has 4 aromatic carbocycles. The maximum Gasteiger partial charge on any atom is 0.246 e. The van der Waals surface area contributed by atoms with Crippen LogP contribution >= 0.6 is 0 Å². The molecule has 1 unspecified atom stereocenters. The summed E-state index contributed by atoms with van der Waals surface area (Å²) in [6, 6.07) is 18.8. The number of hydrogen-bond acceptors (Lipinski definition) is 18. The van der Waals surface area contributed by atoms with Crippen LogP contribution in [0.5, 0.6) is 5.75 Å². The molecule has 31 heteroatoms. The van der Waals surface area contributed by atoms with E-state index in [0.717, 1.165) is 12.1 Å². The Labute approximate surface area is 662 Å². The third-order valence-corrected chi connectivity index (χ3v) is 22.1. The topological polar surface area (TPSA) is 371 Å². The van der Waals surface area contributed by atoms with Gasteiger partial charge < -0.3 is 80.1 Å². The highest BCUT2D eigenvalue weighted by molar-refractivity contribution is 5.99. The van der Waals surface area contributed by atoms with Crippen LogP contribution in [0, 0.1) is 17.7 Å². The Balaban J connectivity index is 1.00. The van der Waals surface area contributed by atoms with Crippen molar-refractivity contribution in [2.45, 2.75) is 178 Å². The number of carbonyl (C=O) groups is 11. The smallest absolute Gasteiger partial charge is 0.246 e. The van der Waals surface area contributed by atoms with Gasteiger partial charge in [-0.1, -0.05) is 72.3 Å². The minimum absolute atomic E-state index is 0.00766. The van der Waals surface area contributed by atoms with Crippen molar-refractivity contribution in [3.8, 4) is 5.75 Å². The fourth-order valence-electron chi connectivity index (χ4n) is 15.6. The van der Waals surface area contributed by atoms with Crippen molar-refractivity contribution >= 4 is 75.6 Å². The van der Waals surface area contributed by atoms with Gasteiger partial charge in [-0.2, -0.15) is 0 Å². The van der Waals surface area contributed by atoms with Crippen LogP contribution in [-0.4, -0.2) is 240 Å². The molecule has 0 aliphatic carbocycles. The standard InChI is InChI=1S/C83H107FN14O16/c1-52(99)63-44-71(101)77-72-27-32-96(77)80(108)58-41-59-47-94(69-25-22-60(84)43-64(59)69)48-61-49-95(93-92-61)50-68(57-20-16-53(17-21-57)26-30-85-82(110)83(2)29-11-31-97(83)81(109)66(91-78(63)106)39-54-18-23-62(111-6)24-19-54)89-75(104)15-9-7-8-14-74(103)88-67(46-87-73(102)28-34-112-36-37-113-35-33-98(3,4)5)79(107)90-65(70(100)42-58)40-55-12-10-13-56(38-55)45-86-76(105)51-114-72/h10,12-13,16-25,38,43,47,49,52,58,63,65-68,72,77,99H,7-9,11,14-15,26-37,39-42,44-46,48,50-51H2,1-6H3,(H6-,85,86,87,88,89,90,91,102,103,104,105,106,107,110)/p+1/t52-,58-,63+,65+,66+,67-,68?,72+,77-,83+/m1/s1. The van der Waals surface area contributed by atoms with Gasteiger partial charge in [0.05, 0.1) is 104 Å². The van der Waals surface area contributed by atoms with Crippen molar-refractivity contribution in [3.63, 3.8) is 0 Å². The van der Waals surface area contributed by atoms with Crippen LogP contribution in [-0.2, 0) is 112 Å². The summed E-state index contributed by atoms with van der Waals surface area (Å²) >= 11 is 0. The number of Topliss-reactive ketones (excluding diaryl/α,β-unsaturated/α-hetero) is 2. The summed E-state index contributed by atoms with van der Waals surface area (Å²) < 4.78 is 43.3. The molecular formula is C83H108FN14O16+. The summed E-state index contributed by atoms with van der Waals surface area (Å²) in [5.74, 6) is -10.2. The number of carbonyl (C=O) groups excluding carboxylic acids is 11. The fourth-order valence-corrected chi connectivity index (χ4v) is 15.6. The van der Waals surface area contributed by atoms with Crippen LogP contribution < -0.4 is 42.0 Å². The Morgan fingerprint density at radius 3 is 2.22 bits per heavy atom. The van der Waals surface area contributed by atoms with E-state index in [1.54, 1.807) is 83.2 Å². The number of quaternary nitrogens is 1. The zero-order valence-electron chi connectivity index (χ0n) is 65.9. The van der Waals surface area contributed by atoms with E-state index in [0.29, 0.717) is 93.5 Å². The average Bonchev–Trinajstić information content (AvgIpc) is 1.63. The lowest BCUT2D eigenvalue weighted by atomic mass is 9.87. The number of halogens is 1. The molecule has 30 nitrogen and oxygen atoms in total. The first kappa shape index (κ1) is 84.6. The molecule has 14 bridgehead atoms. The van der Waals surface area contributed by atoms with E-state index < -0.39 is 150 Å². The molecule has 2 aromatic heterocycles. The van der Waals surface area contributed by atoms with E-state index in [1.165, 1.54) is 36.0 Å². The van der Waals surface area contributed by atoms with E-state index in [9.17, 15) is 29.1 Å². The Morgan fingerprint density at radius 1 is 0.728 bits per heavy atom. The first-order chi connectivity index (χ1) is 54.7. The quantitative estimate of drug-likeness (QED) is 0.0540. The van der Waals surface area contributed by atoms with Gasteiger partial charge in [0.1, 0.15) is 54.1 Å². The summed E-state index contributed by atoms with van der Waals surface area (Å²) in [7, 11) is 7.65. The van der Waals surface area contributed by atoms with Crippen LogP contribution in [0.1, 0.15) is 130 Å². The molecule has 6 aromatic rings. The molecule has 2 saturated heterocycles. The Hall–Kier alpha value is -10.3. The predicted octanol–water partition coefficient (Wildman–Crippen LogP) is 3.18. The summed E-state index contributed by atoms with van der Waals surface area (Å²) in [6.07, 6.45) is 0.584. The second-order valence-corrected chi connectivity index (χ2v) is 31.8. The number of likely N-dealkylation sites (N-methyl/N-ethyl adjacent to an activating group) is 1. The highest BCUT2D eigenvalue weighted by Crippen LogP contribution is 2.35. The van der Waals surface area contributed by atoms with E-state index in [1.807, 2.05) is 45.4 Å². The van der Waals surface area contributed by atoms with Gasteiger partial charge in [0.25, 0.3) is 0 Å². The van der Waals surface area contributed by atoms with E-state index in [-0.39, 0.29) is 116 Å². The molecule has 612 valence electrons. The van der Waals surface area contributed by atoms with Crippen LogP contribution in [0.3, 0.4) is 0 Å². The number of amides is 9. The Kier molecular flexibility index (Phi) is 29.0. The van der Waals surface area contributed by atoms with Crippen molar-refractivity contribution in [1.82, 2.24) is 66.6 Å². The Morgan fingerprint density at radius 2 is 1.47 bits per heavy atom. The van der Waals surface area contributed by atoms with Crippen molar-refractivity contribution in [3.05, 3.63) is 148 Å². The molecule has 114 heavy (non-hydrogen) atoms. The van der Waals surface area contributed by atoms with Gasteiger partial charge in [-0.25, -0.2) is 9.07 Å². The summed E-state index contributed by atoms with van der Waals surface area (Å²) in [5.41, 5.74) is 3.16. The lowest BCUT2D eigenvalue weighted by molar-refractivity contribution is -0.870. The van der Waals surface area contributed by atoms with Gasteiger partial charge in [-0.05, 0) is 129 Å². The molecule has 9 amide bonds. The maximum absolute atomic E-state index is 16.4. The number of ether oxygens (including phenoxy) is 4. The van der Waals surface area contributed by atoms with Crippen molar-refractivity contribution in [1.29, 1.82) is 0 Å². The van der Waals surface area contributed by atoms with Gasteiger partial charge in [0.15, 0.2) is 11.6 Å². The van der Waals surface area contributed by atoms with Crippen LogP contribution in [0.4, 0.5) is 4.39 Å². The minimum Gasteiger partial charge on any atom is -0.497 e. The molecule has 6 aliphatic heterocycles. The number of aliphatic hydroxyl groups excluding tert-OH is 1. The zero-order valence-corrected chi connectivity index (χ0v) is 65.9. The second kappa shape index (κ2) is 39.1. The van der Waals surface area contributed by atoms with Crippen molar-refractivity contribution in [2.75, 3.05) is 94.0 Å². The minimum atomic E-state index is -1.60. The monoisotopic (exact) mass is 1580 g/mol. The SMILES string of the molecule is COc1ccc(C[C@@H]2NC(=O)[C@H]([C@@H](C)O)CC(=O)[C@@H]3[C@@H]4CCN3C(=O)[C@H]3CC(=O)[C@H](Cc5cccc(c5)CNC(=O)CO4)NC(=O)[C@@H](CNC(=O)CCOCCOCC[N+](C)(C)C)NC(=O)CCCCCC(=O)NC(Cn4cc(nn4)Cn4cc(c5cc(F)ccc54)C3)c3ccc(cc3)CCNC(=O)[C@]3(C)CCCN3C2=O)cc1. The Bertz CT molecular complexity index is 4430. The summed E-state index contributed by atoms with van der Waals surface area (Å²) in [5, 5.41) is 41.6. The van der Waals surface area contributed by atoms with Crippen LogP contribution in [0.15, 0.2) is 103 Å². The molecule has 0 radical (unpaired) electrons. The zero-order chi connectivity index (χ0) is 81.2. The fraction of sp³-hybridized carbons (Fsp3) is 0.530. The number of nitrogens with zero attached hydrogens (tertiary/aromatic N) is 7. The highest BCUT2D eigenvalue weighted by atomic mass is 19.1. The van der Waals surface area contributed by atoms with Crippen molar-refractivity contribution in [2.24, 2.45) is 11.8 Å². The first-order valence-corrected chi connectivity index (χ1v) is 39.6. The molecular weight excluding hydrogens is 1470 g/mol. The number of nitrogens with one attached hydrogen (secondary N) is 7. The number of hydrogen-bond donors (Lipinski definition) is 8. The molecule has 10 atom stereocenters. The number of benzene rings is 4. The second-order valence-electron chi connectivity index (χ2n) is 31.8. The number of fused-ring (bicyclic) bond motifs is 16. The molecule has 0 saturated carbocycles.